The van der Waals surface area contributed by atoms with Gasteiger partial charge in [0.25, 0.3) is 11.7 Å². The number of carbonyl (C=O) groups is 1. The SMILES string of the molecule is Cc1cc(C2CCCN(C(=O)c3cccc(Cl)c3F)C2)n2ncnc2n1. The Bertz CT molecular complexity index is 989. The lowest BCUT2D eigenvalue weighted by Crippen LogP contribution is -2.40. The van der Waals surface area contributed by atoms with Gasteiger partial charge in [-0.25, -0.2) is 13.9 Å². The summed E-state index contributed by atoms with van der Waals surface area (Å²) in [5.74, 6) is -0.375. The molecule has 1 aromatic carbocycles. The summed E-state index contributed by atoms with van der Waals surface area (Å²) in [7, 11) is 0. The van der Waals surface area contributed by atoms with Gasteiger partial charge < -0.3 is 4.90 Å². The third-order valence-electron chi connectivity index (χ3n) is 4.72. The Morgan fingerprint density at radius 3 is 3.08 bits per heavy atom. The van der Waals surface area contributed by atoms with Gasteiger partial charge in [0.05, 0.1) is 16.3 Å². The Morgan fingerprint density at radius 1 is 1.38 bits per heavy atom. The van der Waals surface area contributed by atoms with Gasteiger partial charge in [0.15, 0.2) is 5.82 Å². The number of benzene rings is 1. The molecule has 8 heteroatoms. The molecule has 2 aromatic heterocycles. The monoisotopic (exact) mass is 373 g/mol. The Hall–Kier alpha value is -2.54. The molecule has 4 rings (SSSR count). The molecule has 1 aliphatic heterocycles. The Morgan fingerprint density at radius 2 is 2.23 bits per heavy atom. The Balaban J connectivity index is 1.64. The van der Waals surface area contributed by atoms with Gasteiger partial charge in [-0.3, -0.25) is 4.79 Å². The number of halogens is 2. The topological polar surface area (TPSA) is 63.4 Å². The number of aryl methyl sites for hydroxylation is 1. The van der Waals surface area contributed by atoms with Crippen LogP contribution in [-0.2, 0) is 0 Å². The maximum atomic E-state index is 14.2. The fourth-order valence-electron chi connectivity index (χ4n) is 3.49. The van der Waals surface area contributed by atoms with Gasteiger partial charge in [0.1, 0.15) is 6.33 Å². The van der Waals surface area contributed by atoms with Crippen molar-refractivity contribution in [2.45, 2.75) is 25.7 Å². The molecule has 1 unspecified atom stereocenters. The molecular formula is C18H17ClFN5O. The number of carbonyl (C=O) groups excluding carboxylic acids is 1. The first-order valence-corrected chi connectivity index (χ1v) is 8.83. The fourth-order valence-corrected chi connectivity index (χ4v) is 3.67. The van der Waals surface area contributed by atoms with E-state index in [4.69, 9.17) is 11.6 Å². The summed E-state index contributed by atoms with van der Waals surface area (Å²) < 4.78 is 16.0. The first-order valence-electron chi connectivity index (χ1n) is 8.45. The molecule has 0 saturated carbocycles. The minimum Gasteiger partial charge on any atom is -0.338 e. The molecule has 1 amide bonds. The summed E-state index contributed by atoms with van der Waals surface area (Å²) in [5.41, 5.74) is 1.83. The Kier molecular flexibility index (Phi) is 4.32. The van der Waals surface area contributed by atoms with Gasteiger partial charge in [-0.1, -0.05) is 17.7 Å². The second-order valence-electron chi connectivity index (χ2n) is 6.49. The average molecular weight is 374 g/mol. The summed E-state index contributed by atoms with van der Waals surface area (Å²) in [6.45, 7) is 2.99. The number of fused-ring (bicyclic) bond motifs is 1. The zero-order valence-corrected chi connectivity index (χ0v) is 14.9. The van der Waals surface area contributed by atoms with E-state index < -0.39 is 5.82 Å². The van der Waals surface area contributed by atoms with E-state index in [0.717, 1.165) is 24.2 Å². The molecule has 134 valence electrons. The maximum absolute atomic E-state index is 14.2. The summed E-state index contributed by atoms with van der Waals surface area (Å²) in [5, 5.41) is 4.21. The van der Waals surface area contributed by atoms with Crippen LogP contribution in [0.1, 0.15) is 40.5 Å². The first kappa shape index (κ1) is 16.9. The molecule has 1 fully saturated rings. The molecule has 1 atom stereocenters. The lowest BCUT2D eigenvalue weighted by Gasteiger charge is -2.33. The number of aromatic nitrogens is 4. The van der Waals surface area contributed by atoms with E-state index in [0.29, 0.717) is 18.9 Å². The van der Waals surface area contributed by atoms with Crippen LogP contribution in [0, 0.1) is 12.7 Å². The van der Waals surface area contributed by atoms with Gasteiger partial charge in [-0.05, 0) is 38.0 Å². The zero-order valence-electron chi connectivity index (χ0n) is 14.2. The van der Waals surface area contributed by atoms with Gasteiger partial charge in [-0.15, -0.1) is 0 Å². The van der Waals surface area contributed by atoms with Crippen molar-refractivity contribution in [2.75, 3.05) is 13.1 Å². The minimum atomic E-state index is -0.667. The predicted octanol–water partition coefficient (Wildman–Crippen LogP) is 3.25. The highest BCUT2D eigenvalue weighted by Gasteiger charge is 2.29. The van der Waals surface area contributed by atoms with Crippen molar-refractivity contribution in [3.05, 3.63) is 58.4 Å². The molecule has 3 heterocycles. The number of rotatable bonds is 2. The summed E-state index contributed by atoms with van der Waals surface area (Å²) in [6, 6.07) is 6.47. The van der Waals surface area contributed by atoms with Crippen LogP contribution in [0.5, 0.6) is 0 Å². The van der Waals surface area contributed by atoms with Gasteiger partial charge in [0, 0.05) is 24.7 Å². The molecule has 0 bridgehead atoms. The van der Waals surface area contributed by atoms with Crippen molar-refractivity contribution in [3.8, 4) is 0 Å². The van der Waals surface area contributed by atoms with Gasteiger partial charge in [-0.2, -0.15) is 10.1 Å². The van der Waals surface area contributed by atoms with Crippen LogP contribution in [0.15, 0.2) is 30.6 Å². The fraction of sp³-hybridized carbons (Fsp3) is 0.333. The van der Waals surface area contributed by atoms with E-state index in [1.165, 1.54) is 18.5 Å². The lowest BCUT2D eigenvalue weighted by molar-refractivity contribution is 0.0700. The smallest absolute Gasteiger partial charge is 0.256 e. The number of likely N-dealkylation sites (tertiary alicyclic amines) is 1. The van der Waals surface area contributed by atoms with E-state index >= 15 is 0 Å². The van der Waals surface area contributed by atoms with Crippen molar-refractivity contribution < 1.29 is 9.18 Å². The zero-order chi connectivity index (χ0) is 18.3. The molecule has 3 aromatic rings. The van der Waals surface area contributed by atoms with E-state index in [-0.39, 0.29) is 22.4 Å². The molecule has 0 radical (unpaired) electrons. The molecule has 6 nitrogen and oxygen atoms in total. The average Bonchev–Trinajstić information content (AvgIpc) is 3.11. The highest BCUT2D eigenvalue weighted by Crippen LogP contribution is 2.29. The van der Waals surface area contributed by atoms with Crippen LogP contribution in [0.2, 0.25) is 5.02 Å². The van der Waals surface area contributed by atoms with Gasteiger partial charge >= 0.3 is 0 Å². The quantitative estimate of drug-likeness (QED) is 0.691. The maximum Gasteiger partial charge on any atom is 0.256 e. The number of nitrogens with zero attached hydrogens (tertiary/aromatic N) is 5. The second kappa shape index (κ2) is 6.64. The normalized spacial score (nSPS) is 17.7. The molecule has 0 spiro atoms. The summed E-state index contributed by atoms with van der Waals surface area (Å²) >= 11 is 5.82. The van der Waals surface area contributed by atoms with Crippen LogP contribution in [0.25, 0.3) is 5.78 Å². The minimum absolute atomic E-state index is 0.00922. The lowest BCUT2D eigenvalue weighted by atomic mass is 9.93. The molecule has 1 saturated heterocycles. The Labute approximate surface area is 154 Å². The molecular weight excluding hydrogens is 357 g/mol. The second-order valence-corrected chi connectivity index (χ2v) is 6.89. The van der Waals surface area contributed by atoms with E-state index in [9.17, 15) is 9.18 Å². The van der Waals surface area contributed by atoms with Crippen LogP contribution in [0.3, 0.4) is 0 Å². The van der Waals surface area contributed by atoms with Crippen molar-refractivity contribution in [2.24, 2.45) is 0 Å². The number of piperidine rings is 1. The standard InChI is InChI=1S/C18H17ClFN5O/c1-11-8-15(25-18(23-11)21-10-22-25)12-4-3-7-24(9-12)17(26)13-5-2-6-14(19)16(13)20/h2,5-6,8,10,12H,3-4,7,9H2,1H3. The van der Waals surface area contributed by atoms with Crippen LogP contribution in [-0.4, -0.2) is 43.5 Å². The summed E-state index contributed by atoms with van der Waals surface area (Å²) in [4.78, 5) is 23.0. The van der Waals surface area contributed by atoms with E-state index in [1.807, 2.05) is 13.0 Å². The summed E-state index contributed by atoms with van der Waals surface area (Å²) in [6.07, 6.45) is 3.22. The third kappa shape index (κ3) is 2.92. The van der Waals surface area contributed by atoms with E-state index in [1.54, 1.807) is 15.5 Å². The molecule has 26 heavy (non-hydrogen) atoms. The number of hydrogen-bond donors (Lipinski definition) is 0. The van der Waals surface area contributed by atoms with Gasteiger partial charge in [0.2, 0.25) is 0 Å². The van der Waals surface area contributed by atoms with Crippen molar-refractivity contribution in [3.63, 3.8) is 0 Å². The van der Waals surface area contributed by atoms with Crippen LogP contribution in [0.4, 0.5) is 4.39 Å². The van der Waals surface area contributed by atoms with Crippen molar-refractivity contribution >= 4 is 23.3 Å². The van der Waals surface area contributed by atoms with Crippen molar-refractivity contribution in [1.82, 2.24) is 24.5 Å². The number of hydrogen-bond acceptors (Lipinski definition) is 4. The van der Waals surface area contributed by atoms with Crippen LogP contribution < -0.4 is 0 Å². The third-order valence-corrected chi connectivity index (χ3v) is 5.01. The highest BCUT2D eigenvalue weighted by atomic mass is 35.5. The van der Waals surface area contributed by atoms with Crippen molar-refractivity contribution in [1.29, 1.82) is 0 Å². The molecule has 1 aliphatic rings. The largest absolute Gasteiger partial charge is 0.338 e. The molecule has 0 aliphatic carbocycles. The predicted molar refractivity (Wildman–Crippen MR) is 94.8 cm³/mol. The van der Waals surface area contributed by atoms with Crippen LogP contribution >= 0.6 is 11.6 Å². The molecule has 0 N–H and O–H groups in total. The first-order chi connectivity index (χ1) is 12.5. The number of amides is 1. The highest BCUT2D eigenvalue weighted by molar-refractivity contribution is 6.31. The van der Waals surface area contributed by atoms with E-state index in [2.05, 4.69) is 15.1 Å².